The van der Waals surface area contributed by atoms with Crippen molar-refractivity contribution in [1.29, 1.82) is 0 Å². The molecule has 0 heterocycles. The quantitative estimate of drug-likeness (QED) is 0.580. The predicted molar refractivity (Wildman–Crippen MR) is 49.3 cm³/mol. The average molecular weight is 173 g/mol. The van der Waals surface area contributed by atoms with E-state index in [9.17, 15) is 4.79 Å². The van der Waals surface area contributed by atoms with Gasteiger partial charge in [0.15, 0.2) is 0 Å². The van der Waals surface area contributed by atoms with E-state index in [-0.39, 0.29) is 11.9 Å². The van der Waals surface area contributed by atoms with Crippen molar-refractivity contribution in [2.75, 3.05) is 13.1 Å². The van der Waals surface area contributed by atoms with Crippen LogP contribution in [0.25, 0.3) is 0 Å². The van der Waals surface area contributed by atoms with Crippen LogP contribution in [0.1, 0.15) is 27.2 Å². The highest BCUT2D eigenvalue weighted by atomic mass is 16.2. The van der Waals surface area contributed by atoms with Crippen LogP contribution >= 0.6 is 0 Å². The van der Waals surface area contributed by atoms with Crippen molar-refractivity contribution in [1.82, 2.24) is 10.4 Å². The first-order valence-electron chi connectivity index (χ1n) is 4.39. The Labute approximate surface area is 74.1 Å². The van der Waals surface area contributed by atoms with E-state index < -0.39 is 0 Å². The Morgan fingerprint density at radius 2 is 2.17 bits per heavy atom. The molecule has 72 valence electrons. The van der Waals surface area contributed by atoms with Crippen molar-refractivity contribution in [3.8, 4) is 0 Å². The van der Waals surface area contributed by atoms with Crippen LogP contribution in [-0.4, -0.2) is 30.0 Å². The Balaban J connectivity index is 4.00. The van der Waals surface area contributed by atoms with Gasteiger partial charge in [0.05, 0.1) is 0 Å². The van der Waals surface area contributed by atoms with E-state index in [1.54, 1.807) is 5.01 Å². The minimum absolute atomic E-state index is 0.0642. The molecule has 0 rings (SSSR count). The van der Waals surface area contributed by atoms with Gasteiger partial charge < -0.3 is 5.73 Å². The molecule has 1 amide bonds. The lowest BCUT2D eigenvalue weighted by molar-refractivity contribution is -0.136. The largest absolute Gasteiger partial charge is 0.330 e. The molecular formula is C8H19N3O. The van der Waals surface area contributed by atoms with Gasteiger partial charge in [-0.2, -0.15) is 0 Å². The molecule has 0 saturated heterocycles. The summed E-state index contributed by atoms with van der Waals surface area (Å²) >= 11 is 0. The van der Waals surface area contributed by atoms with Gasteiger partial charge in [0.25, 0.3) is 0 Å². The van der Waals surface area contributed by atoms with Gasteiger partial charge in [-0.3, -0.25) is 9.80 Å². The lowest BCUT2D eigenvalue weighted by Crippen LogP contribution is -2.47. The van der Waals surface area contributed by atoms with Crippen LogP contribution in [0.2, 0.25) is 0 Å². The van der Waals surface area contributed by atoms with Crippen LogP contribution in [0.3, 0.4) is 0 Å². The fraction of sp³-hybridized carbons (Fsp3) is 0.875. The number of hydrazine groups is 1. The van der Waals surface area contributed by atoms with E-state index >= 15 is 0 Å². The Bertz CT molecular complexity index is 136. The number of hydrogen-bond acceptors (Lipinski definition) is 3. The molecule has 0 atom stereocenters. The van der Waals surface area contributed by atoms with Crippen molar-refractivity contribution in [2.24, 2.45) is 5.73 Å². The summed E-state index contributed by atoms with van der Waals surface area (Å²) in [6, 6.07) is 0.184. The van der Waals surface area contributed by atoms with E-state index in [0.29, 0.717) is 13.0 Å². The lowest BCUT2D eigenvalue weighted by atomic mass is 10.3. The molecule has 0 aromatic heterocycles. The number of carbonyl (C=O) groups is 1. The zero-order chi connectivity index (χ0) is 9.56. The summed E-state index contributed by atoms with van der Waals surface area (Å²) in [5.74, 6) is 0.0642. The lowest BCUT2D eigenvalue weighted by Gasteiger charge is -2.26. The van der Waals surface area contributed by atoms with Crippen LogP contribution in [-0.2, 0) is 4.79 Å². The molecule has 0 radical (unpaired) electrons. The van der Waals surface area contributed by atoms with Gasteiger partial charge in [-0.15, -0.1) is 0 Å². The maximum Gasteiger partial charge on any atom is 0.238 e. The molecule has 0 aliphatic carbocycles. The second-order valence-electron chi connectivity index (χ2n) is 2.91. The smallest absolute Gasteiger partial charge is 0.238 e. The Morgan fingerprint density at radius 1 is 1.58 bits per heavy atom. The van der Waals surface area contributed by atoms with Gasteiger partial charge in [0.2, 0.25) is 5.91 Å². The van der Waals surface area contributed by atoms with Crippen molar-refractivity contribution in [3.05, 3.63) is 0 Å². The van der Waals surface area contributed by atoms with Crippen LogP contribution in [0.15, 0.2) is 0 Å². The number of carbonyl (C=O) groups excluding carboxylic acids is 1. The first kappa shape index (κ1) is 11.4. The number of nitrogens with zero attached hydrogens (tertiary/aromatic N) is 1. The van der Waals surface area contributed by atoms with E-state index in [1.165, 1.54) is 0 Å². The van der Waals surface area contributed by atoms with E-state index in [1.807, 2.05) is 20.8 Å². The Hall–Kier alpha value is -0.610. The zero-order valence-electron chi connectivity index (χ0n) is 8.13. The maximum atomic E-state index is 11.4. The third-order valence-corrected chi connectivity index (χ3v) is 1.47. The van der Waals surface area contributed by atoms with E-state index in [2.05, 4.69) is 5.43 Å². The fourth-order valence-corrected chi connectivity index (χ4v) is 0.973. The average Bonchev–Trinajstić information content (AvgIpc) is 1.99. The number of amides is 1. The van der Waals surface area contributed by atoms with Crippen molar-refractivity contribution in [2.45, 2.75) is 33.2 Å². The number of nitrogens with two attached hydrogens (primary N) is 1. The highest BCUT2D eigenvalue weighted by molar-refractivity contribution is 5.76. The molecular weight excluding hydrogens is 154 g/mol. The molecule has 12 heavy (non-hydrogen) atoms. The Morgan fingerprint density at radius 3 is 2.50 bits per heavy atom. The van der Waals surface area contributed by atoms with E-state index in [4.69, 9.17) is 5.73 Å². The van der Waals surface area contributed by atoms with Crippen molar-refractivity contribution in [3.63, 3.8) is 0 Å². The van der Waals surface area contributed by atoms with Crippen LogP contribution in [0.5, 0.6) is 0 Å². The predicted octanol–water partition coefficient (Wildman–Crippen LogP) is 0.0967. The SMILES string of the molecule is CCNN(C(=O)CCN)C(C)C. The van der Waals surface area contributed by atoms with Gasteiger partial charge in [-0.1, -0.05) is 6.92 Å². The first-order chi connectivity index (χ1) is 5.63. The van der Waals surface area contributed by atoms with Crippen LogP contribution < -0.4 is 11.2 Å². The molecule has 3 N–H and O–H groups in total. The van der Waals surface area contributed by atoms with Crippen LogP contribution in [0.4, 0.5) is 0 Å². The van der Waals surface area contributed by atoms with Gasteiger partial charge in [0, 0.05) is 25.6 Å². The third kappa shape index (κ3) is 3.69. The molecule has 4 heteroatoms. The molecule has 0 fully saturated rings. The summed E-state index contributed by atoms with van der Waals surface area (Å²) in [7, 11) is 0. The highest BCUT2D eigenvalue weighted by Crippen LogP contribution is 1.96. The monoisotopic (exact) mass is 173 g/mol. The van der Waals surface area contributed by atoms with Gasteiger partial charge >= 0.3 is 0 Å². The summed E-state index contributed by atoms with van der Waals surface area (Å²) in [5.41, 5.74) is 8.28. The van der Waals surface area contributed by atoms with Gasteiger partial charge in [-0.05, 0) is 13.8 Å². The molecule has 0 bridgehead atoms. The van der Waals surface area contributed by atoms with Gasteiger partial charge in [-0.25, -0.2) is 5.43 Å². The second-order valence-corrected chi connectivity index (χ2v) is 2.91. The molecule has 0 spiro atoms. The van der Waals surface area contributed by atoms with Gasteiger partial charge in [0.1, 0.15) is 0 Å². The summed E-state index contributed by atoms with van der Waals surface area (Å²) in [4.78, 5) is 11.4. The van der Waals surface area contributed by atoms with Crippen molar-refractivity contribution >= 4 is 5.91 Å². The Kier molecular flexibility index (Phi) is 5.66. The van der Waals surface area contributed by atoms with E-state index in [0.717, 1.165) is 6.54 Å². The molecule has 0 saturated carbocycles. The fourth-order valence-electron chi connectivity index (χ4n) is 0.973. The highest BCUT2D eigenvalue weighted by Gasteiger charge is 2.14. The van der Waals surface area contributed by atoms with Crippen molar-refractivity contribution < 1.29 is 4.79 Å². The molecule has 0 aromatic carbocycles. The maximum absolute atomic E-state index is 11.4. The van der Waals surface area contributed by atoms with Crippen LogP contribution in [0, 0.1) is 0 Å². The summed E-state index contributed by atoms with van der Waals surface area (Å²) < 4.78 is 0. The number of nitrogens with one attached hydrogen (secondary N) is 1. The normalized spacial score (nSPS) is 10.4. The molecule has 4 nitrogen and oxygen atoms in total. The minimum atomic E-state index is 0.0642. The summed E-state index contributed by atoms with van der Waals surface area (Å²) in [6.45, 7) is 7.07. The third-order valence-electron chi connectivity index (χ3n) is 1.47. The topological polar surface area (TPSA) is 58.4 Å². The standard InChI is InChI=1S/C8H19N3O/c1-4-10-11(7(2)3)8(12)5-6-9/h7,10H,4-6,9H2,1-3H3. The summed E-state index contributed by atoms with van der Waals surface area (Å²) in [6.07, 6.45) is 0.408. The molecule has 0 unspecified atom stereocenters. The number of rotatable bonds is 5. The minimum Gasteiger partial charge on any atom is -0.330 e. The molecule has 0 aromatic rings. The first-order valence-corrected chi connectivity index (χ1v) is 4.39. The number of hydrogen-bond donors (Lipinski definition) is 2. The molecule has 0 aliphatic rings. The molecule has 0 aliphatic heterocycles. The second kappa shape index (κ2) is 5.97. The zero-order valence-corrected chi connectivity index (χ0v) is 8.13. The summed E-state index contributed by atoms with van der Waals surface area (Å²) in [5, 5.41) is 1.63.